The molecule has 0 radical (unpaired) electrons. The van der Waals surface area contributed by atoms with Gasteiger partial charge >= 0.3 is 12.0 Å². The van der Waals surface area contributed by atoms with Crippen molar-refractivity contribution in [3.63, 3.8) is 0 Å². The summed E-state index contributed by atoms with van der Waals surface area (Å²) in [4.78, 5) is 32.9. The van der Waals surface area contributed by atoms with Crippen LogP contribution in [0, 0.1) is 0 Å². The van der Waals surface area contributed by atoms with Crippen LogP contribution in [0.3, 0.4) is 0 Å². The summed E-state index contributed by atoms with van der Waals surface area (Å²) in [7, 11) is 0. The van der Waals surface area contributed by atoms with Crippen molar-refractivity contribution >= 4 is 51.1 Å². The summed E-state index contributed by atoms with van der Waals surface area (Å²) in [6, 6.07) is 4.27. The minimum atomic E-state index is -1.16. The average molecular weight is 365 g/mol. The zero-order chi connectivity index (χ0) is 15.1. The molecule has 4 N–H and O–H groups in total. The summed E-state index contributed by atoms with van der Waals surface area (Å²) < 4.78 is 0.765. The van der Waals surface area contributed by atoms with Gasteiger partial charge in [-0.2, -0.15) is 0 Å². The number of carboxylic acid groups (broad SMARTS) is 1. The Labute approximate surface area is 127 Å². The maximum absolute atomic E-state index is 11.5. The number of aliphatic carboxylic acids is 1. The molecule has 1 aromatic carbocycles. The molecule has 1 aromatic rings. The maximum atomic E-state index is 11.5. The smallest absolute Gasteiger partial charge is 0.322 e. The second kappa shape index (κ2) is 7.71. The molecule has 9 heteroatoms. The highest BCUT2D eigenvalue weighted by Gasteiger charge is 2.08. The van der Waals surface area contributed by atoms with Crippen LogP contribution in [-0.2, 0) is 9.59 Å². The number of amides is 3. The Kier molecular flexibility index (Phi) is 6.26. The van der Waals surface area contributed by atoms with E-state index in [2.05, 4.69) is 31.9 Å². The van der Waals surface area contributed by atoms with E-state index < -0.39 is 24.5 Å². The molecule has 1 rings (SSSR count). The van der Waals surface area contributed by atoms with Crippen molar-refractivity contribution in [2.24, 2.45) is 0 Å². The van der Waals surface area contributed by atoms with E-state index in [0.717, 1.165) is 4.47 Å². The molecule has 0 aromatic heterocycles. The zero-order valence-corrected chi connectivity index (χ0v) is 12.4. The highest BCUT2D eigenvalue weighted by Crippen LogP contribution is 2.25. The van der Waals surface area contributed by atoms with E-state index in [1.165, 1.54) is 0 Å². The van der Waals surface area contributed by atoms with Gasteiger partial charge in [-0.15, -0.1) is 0 Å². The van der Waals surface area contributed by atoms with E-state index >= 15 is 0 Å². The fourth-order valence-corrected chi connectivity index (χ4v) is 1.88. The number of carboxylic acids is 1. The lowest BCUT2D eigenvalue weighted by Crippen LogP contribution is -2.40. The van der Waals surface area contributed by atoms with Crippen molar-refractivity contribution < 1.29 is 19.5 Å². The number of urea groups is 1. The molecule has 3 amide bonds. The summed E-state index contributed by atoms with van der Waals surface area (Å²) in [5, 5.41) is 15.5. The van der Waals surface area contributed by atoms with Crippen LogP contribution in [0.2, 0.25) is 5.02 Å². The van der Waals surface area contributed by atoms with Crippen LogP contribution in [0.25, 0.3) is 0 Å². The van der Waals surface area contributed by atoms with Crippen LogP contribution in [0.15, 0.2) is 22.7 Å². The Morgan fingerprint density at radius 3 is 2.50 bits per heavy atom. The van der Waals surface area contributed by atoms with Gasteiger partial charge < -0.3 is 21.1 Å². The topological polar surface area (TPSA) is 108 Å². The van der Waals surface area contributed by atoms with Crippen molar-refractivity contribution in [1.29, 1.82) is 0 Å². The van der Waals surface area contributed by atoms with Crippen molar-refractivity contribution in [2.45, 2.75) is 0 Å². The van der Waals surface area contributed by atoms with E-state index in [9.17, 15) is 14.4 Å². The normalized spacial score (nSPS) is 9.70. The second-order valence-electron chi connectivity index (χ2n) is 3.60. The van der Waals surface area contributed by atoms with Gasteiger partial charge in [0.25, 0.3) is 0 Å². The van der Waals surface area contributed by atoms with Crippen LogP contribution < -0.4 is 16.0 Å². The van der Waals surface area contributed by atoms with E-state index in [-0.39, 0.29) is 6.54 Å². The summed E-state index contributed by atoms with van der Waals surface area (Å²) in [5.41, 5.74) is 0.387. The minimum Gasteiger partial charge on any atom is -0.480 e. The standard InChI is InChI=1S/C11H11BrClN3O4/c12-6-1-2-8(7(13)3-6)16-11(20)15-4-9(17)14-5-10(18)19/h1-3H,4-5H2,(H,14,17)(H,18,19)(H2,15,16,20). The molecule has 0 atom stereocenters. The molecule has 0 aliphatic carbocycles. The lowest BCUT2D eigenvalue weighted by molar-refractivity contribution is -0.137. The Morgan fingerprint density at radius 2 is 1.90 bits per heavy atom. The van der Waals surface area contributed by atoms with Gasteiger partial charge in [0, 0.05) is 4.47 Å². The fraction of sp³-hybridized carbons (Fsp3) is 0.182. The summed E-state index contributed by atoms with van der Waals surface area (Å²) in [5.74, 6) is -1.77. The minimum absolute atomic E-state index is 0.338. The molecule has 0 bridgehead atoms. The Morgan fingerprint density at radius 1 is 1.20 bits per heavy atom. The monoisotopic (exact) mass is 363 g/mol. The van der Waals surface area contributed by atoms with E-state index in [1.54, 1.807) is 18.2 Å². The van der Waals surface area contributed by atoms with E-state index in [1.807, 2.05) is 0 Å². The number of rotatable bonds is 5. The third-order valence-corrected chi connectivity index (χ3v) is 2.83. The van der Waals surface area contributed by atoms with Crippen LogP contribution in [0.1, 0.15) is 0 Å². The second-order valence-corrected chi connectivity index (χ2v) is 4.93. The molecule has 0 aliphatic rings. The van der Waals surface area contributed by atoms with Gasteiger partial charge in [-0.1, -0.05) is 27.5 Å². The maximum Gasteiger partial charge on any atom is 0.322 e. The van der Waals surface area contributed by atoms with Gasteiger partial charge in [0.2, 0.25) is 5.91 Å². The summed E-state index contributed by atoms with van der Waals surface area (Å²) in [6.07, 6.45) is 0. The quantitative estimate of drug-likeness (QED) is 0.634. The van der Waals surface area contributed by atoms with Crippen molar-refractivity contribution in [3.05, 3.63) is 27.7 Å². The number of carbonyl (C=O) groups is 3. The zero-order valence-electron chi connectivity index (χ0n) is 10.1. The van der Waals surface area contributed by atoms with Crippen molar-refractivity contribution in [2.75, 3.05) is 18.4 Å². The van der Waals surface area contributed by atoms with E-state index in [0.29, 0.717) is 10.7 Å². The number of halogens is 2. The lowest BCUT2D eigenvalue weighted by Gasteiger charge is -2.09. The first-order valence-corrected chi connectivity index (χ1v) is 6.54. The largest absolute Gasteiger partial charge is 0.480 e. The summed E-state index contributed by atoms with van der Waals surface area (Å²) >= 11 is 9.13. The highest BCUT2D eigenvalue weighted by atomic mass is 79.9. The van der Waals surface area contributed by atoms with Gasteiger partial charge in [-0.3, -0.25) is 9.59 Å². The molecule has 0 saturated heterocycles. The van der Waals surface area contributed by atoms with Gasteiger partial charge in [-0.25, -0.2) is 4.79 Å². The summed E-state index contributed by atoms with van der Waals surface area (Å²) in [6.45, 7) is -0.839. The lowest BCUT2D eigenvalue weighted by atomic mass is 10.3. The number of anilines is 1. The number of hydrogen-bond donors (Lipinski definition) is 4. The first-order chi connectivity index (χ1) is 9.38. The fourth-order valence-electron chi connectivity index (χ4n) is 1.15. The van der Waals surface area contributed by atoms with Crippen molar-refractivity contribution in [3.8, 4) is 0 Å². The van der Waals surface area contributed by atoms with E-state index in [4.69, 9.17) is 16.7 Å². The highest BCUT2D eigenvalue weighted by molar-refractivity contribution is 9.10. The number of nitrogens with one attached hydrogen (secondary N) is 3. The van der Waals surface area contributed by atoms with Crippen LogP contribution in [0.4, 0.5) is 10.5 Å². The molecular formula is C11H11BrClN3O4. The first-order valence-electron chi connectivity index (χ1n) is 5.37. The molecular weight excluding hydrogens is 353 g/mol. The van der Waals surface area contributed by atoms with Crippen molar-refractivity contribution in [1.82, 2.24) is 10.6 Å². The Hall–Kier alpha value is -1.80. The predicted molar refractivity (Wildman–Crippen MR) is 76.8 cm³/mol. The first kappa shape index (κ1) is 16.3. The Balaban J connectivity index is 2.40. The SMILES string of the molecule is O=C(O)CNC(=O)CNC(=O)Nc1ccc(Br)cc1Cl. The predicted octanol–water partition coefficient (Wildman–Crippen LogP) is 1.42. The van der Waals surface area contributed by atoms with Gasteiger partial charge in [0.15, 0.2) is 0 Å². The molecule has 0 spiro atoms. The molecule has 7 nitrogen and oxygen atoms in total. The van der Waals surface area contributed by atoms with Crippen LogP contribution >= 0.6 is 27.5 Å². The molecule has 20 heavy (non-hydrogen) atoms. The molecule has 0 unspecified atom stereocenters. The third-order valence-electron chi connectivity index (χ3n) is 2.03. The van der Waals surface area contributed by atoms with Crippen LogP contribution in [0.5, 0.6) is 0 Å². The van der Waals surface area contributed by atoms with Gasteiger partial charge in [-0.05, 0) is 18.2 Å². The number of carbonyl (C=O) groups excluding carboxylic acids is 2. The molecule has 0 heterocycles. The molecule has 0 aliphatic heterocycles. The molecule has 0 saturated carbocycles. The van der Waals surface area contributed by atoms with Gasteiger partial charge in [0.05, 0.1) is 17.3 Å². The van der Waals surface area contributed by atoms with Crippen LogP contribution in [-0.4, -0.2) is 36.1 Å². The van der Waals surface area contributed by atoms with Gasteiger partial charge in [0.1, 0.15) is 6.54 Å². The number of hydrogen-bond acceptors (Lipinski definition) is 3. The third kappa shape index (κ3) is 5.89. The molecule has 0 fully saturated rings. The average Bonchev–Trinajstić information content (AvgIpc) is 2.37. The number of benzene rings is 1. The Bertz CT molecular complexity index is 538. The molecule has 108 valence electrons.